The van der Waals surface area contributed by atoms with E-state index in [2.05, 4.69) is 5.32 Å². The van der Waals surface area contributed by atoms with E-state index in [1.807, 2.05) is 0 Å². The highest BCUT2D eigenvalue weighted by atomic mass is 16.5. The monoisotopic (exact) mass is 288 g/mol. The number of amides is 2. The van der Waals surface area contributed by atoms with Gasteiger partial charge < -0.3 is 24.8 Å². The molecule has 20 heavy (non-hydrogen) atoms. The molecule has 0 bridgehead atoms. The maximum Gasteiger partial charge on any atom is 0.326 e. The second kappa shape index (κ2) is 8.76. The van der Waals surface area contributed by atoms with Crippen LogP contribution < -0.4 is 5.32 Å². The summed E-state index contributed by atoms with van der Waals surface area (Å²) in [6.45, 7) is 2.18. The standard InChI is InChI=1S/C13H24N2O5/c1-19-7-5-11(12(16)17)14-13(18)15-6-3-4-10(8-15)9-20-2/h10-11H,3-9H2,1-2H3,(H,14,18)(H,16,17). The molecule has 0 aromatic heterocycles. The number of urea groups is 1. The van der Waals surface area contributed by atoms with Crippen molar-refractivity contribution in [3.8, 4) is 0 Å². The molecule has 0 aromatic carbocycles. The van der Waals surface area contributed by atoms with Crippen molar-refractivity contribution in [2.75, 3.05) is 40.5 Å². The number of piperidine rings is 1. The topological polar surface area (TPSA) is 88.1 Å². The number of aliphatic carboxylic acids is 1. The third kappa shape index (κ3) is 5.34. The largest absolute Gasteiger partial charge is 0.480 e. The molecule has 2 unspecified atom stereocenters. The number of carbonyl (C=O) groups excluding carboxylic acids is 1. The van der Waals surface area contributed by atoms with Crippen molar-refractivity contribution in [1.29, 1.82) is 0 Å². The Morgan fingerprint density at radius 1 is 1.40 bits per heavy atom. The average molecular weight is 288 g/mol. The lowest BCUT2D eigenvalue weighted by molar-refractivity contribution is -0.139. The number of rotatable bonds is 7. The summed E-state index contributed by atoms with van der Waals surface area (Å²) in [4.78, 5) is 24.8. The highest BCUT2D eigenvalue weighted by Crippen LogP contribution is 2.16. The van der Waals surface area contributed by atoms with E-state index in [0.717, 1.165) is 12.8 Å². The third-order valence-electron chi connectivity index (χ3n) is 3.42. The lowest BCUT2D eigenvalue weighted by Crippen LogP contribution is -2.51. The van der Waals surface area contributed by atoms with E-state index in [9.17, 15) is 9.59 Å². The molecule has 2 atom stereocenters. The third-order valence-corrected chi connectivity index (χ3v) is 3.42. The zero-order valence-electron chi connectivity index (χ0n) is 12.1. The number of ether oxygens (including phenoxy) is 2. The van der Waals surface area contributed by atoms with Gasteiger partial charge in [0.15, 0.2) is 0 Å². The Morgan fingerprint density at radius 3 is 2.75 bits per heavy atom. The van der Waals surface area contributed by atoms with Crippen LogP contribution in [0.3, 0.4) is 0 Å². The van der Waals surface area contributed by atoms with Crippen LogP contribution in [0.15, 0.2) is 0 Å². The number of nitrogens with one attached hydrogen (secondary N) is 1. The molecule has 7 nitrogen and oxygen atoms in total. The molecule has 0 saturated carbocycles. The van der Waals surface area contributed by atoms with E-state index in [-0.39, 0.29) is 12.5 Å². The Labute approximate surface area is 119 Å². The Hall–Kier alpha value is -1.34. The number of nitrogens with zero attached hydrogens (tertiary/aromatic N) is 1. The van der Waals surface area contributed by atoms with E-state index in [0.29, 0.717) is 32.2 Å². The maximum absolute atomic E-state index is 12.1. The summed E-state index contributed by atoms with van der Waals surface area (Å²) in [7, 11) is 3.14. The Balaban J connectivity index is 2.48. The second-order valence-electron chi connectivity index (χ2n) is 5.03. The van der Waals surface area contributed by atoms with Gasteiger partial charge in [0.05, 0.1) is 6.61 Å². The first-order valence-electron chi connectivity index (χ1n) is 6.84. The number of carboxylic acids is 1. The minimum absolute atomic E-state index is 0.257. The zero-order chi connectivity index (χ0) is 15.0. The molecule has 0 aliphatic carbocycles. The molecule has 0 spiro atoms. The van der Waals surface area contributed by atoms with Gasteiger partial charge in [-0.3, -0.25) is 0 Å². The molecule has 1 saturated heterocycles. The first-order chi connectivity index (χ1) is 9.58. The molecule has 116 valence electrons. The highest BCUT2D eigenvalue weighted by Gasteiger charge is 2.27. The predicted molar refractivity (Wildman–Crippen MR) is 72.6 cm³/mol. The Bertz CT molecular complexity index is 322. The fourth-order valence-electron chi connectivity index (χ4n) is 2.35. The lowest BCUT2D eigenvalue weighted by atomic mass is 9.99. The van der Waals surface area contributed by atoms with Crippen molar-refractivity contribution in [2.24, 2.45) is 5.92 Å². The molecule has 1 fully saturated rings. The van der Waals surface area contributed by atoms with Crippen LogP contribution in [-0.4, -0.2) is 68.6 Å². The first-order valence-corrected chi connectivity index (χ1v) is 6.84. The van der Waals surface area contributed by atoms with Crippen LogP contribution in [0.2, 0.25) is 0 Å². The van der Waals surface area contributed by atoms with E-state index in [4.69, 9.17) is 14.6 Å². The van der Waals surface area contributed by atoms with Crippen LogP contribution in [0, 0.1) is 5.92 Å². The van der Waals surface area contributed by atoms with Gasteiger partial charge in [0.2, 0.25) is 0 Å². The smallest absolute Gasteiger partial charge is 0.326 e. The van der Waals surface area contributed by atoms with Crippen molar-refractivity contribution in [1.82, 2.24) is 10.2 Å². The number of carboxylic acid groups (broad SMARTS) is 1. The fraction of sp³-hybridized carbons (Fsp3) is 0.846. The van der Waals surface area contributed by atoms with Gasteiger partial charge in [0, 0.05) is 46.3 Å². The van der Waals surface area contributed by atoms with Gasteiger partial charge in [-0.15, -0.1) is 0 Å². The van der Waals surface area contributed by atoms with Crippen molar-refractivity contribution in [3.63, 3.8) is 0 Å². The van der Waals surface area contributed by atoms with Crippen LogP contribution >= 0.6 is 0 Å². The summed E-state index contributed by atoms with van der Waals surface area (Å²) in [6, 6.07) is -1.24. The normalized spacial score (nSPS) is 20.5. The molecular weight excluding hydrogens is 264 g/mol. The van der Waals surface area contributed by atoms with E-state index in [1.165, 1.54) is 7.11 Å². The summed E-state index contributed by atoms with van der Waals surface area (Å²) in [5, 5.41) is 11.6. The maximum atomic E-state index is 12.1. The van der Waals surface area contributed by atoms with Gasteiger partial charge in [-0.1, -0.05) is 0 Å². The van der Waals surface area contributed by atoms with Gasteiger partial charge in [0.1, 0.15) is 6.04 Å². The molecular formula is C13H24N2O5. The fourth-order valence-corrected chi connectivity index (χ4v) is 2.35. The number of methoxy groups -OCH3 is 2. The predicted octanol–water partition coefficient (Wildman–Crippen LogP) is 0.544. The average Bonchev–Trinajstić information content (AvgIpc) is 2.43. The molecule has 0 aromatic rings. The lowest BCUT2D eigenvalue weighted by Gasteiger charge is -2.33. The number of carbonyl (C=O) groups is 2. The summed E-state index contributed by atoms with van der Waals surface area (Å²) in [5.41, 5.74) is 0. The van der Waals surface area contributed by atoms with E-state index in [1.54, 1.807) is 12.0 Å². The van der Waals surface area contributed by atoms with Crippen molar-refractivity contribution < 1.29 is 24.2 Å². The number of hydrogen-bond donors (Lipinski definition) is 2. The molecule has 2 amide bonds. The molecule has 1 aliphatic heterocycles. The second-order valence-corrected chi connectivity index (χ2v) is 5.03. The van der Waals surface area contributed by atoms with E-state index >= 15 is 0 Å². The number of likely N-dealkylation sites (tertiary alicyclic amines) is 1. The molecule has 0 radical (unpaired) electrons. The van der Waals surface area contributed by atoms with Crippen molar-refractivity contribution >= 4 is 12.0 Å². The summed E-state index contributed by atoms with van der Waals surface area (Å²) in [6.07, 6.45) is 2.20. The van der Waals surface area contributed by atoms with Gasteiger partial charge in [-0.25, -0.2) is 9.59 Å². The highest BCUT2D eigenvalue weighted by molar-refractivity contribution is 5.82. The Kier molecular flexibility index (Phi) is 7.32. The quantitative estimate of drug-likeness (QED) is 0.714. The van der Waals surface area contributed by atoms with Gasteiger partial charge in [-0.2, -0.15) is 0 Å². The molecule has 1 heterocycles. The molecule has 2 N–H and O–H groups in total. The van der Waals surface area contributed by atoms with Gasteiger partial charge in [-0.05, 0) is 12.8 Å². The van der Waals surface area contributed by atoms with Crippen LogP contribution in [-0.2, 0) is 14.3 Å². The van der Waals surface area contributed by atoms with Crippen LogP contribution in [0.4, 0.5) is 4.79 Å². The SMILES string of the molecule is COCCC(NC(=O)N1CCCC(COC)C1)C(=O)O. The Morgan fingerprint density at radius 2 is 2.15 bits per heavy atom. The first kappa shape index (κ1) is 16.7. The van der Waals surface area contributed by atoms with Crippen LogP contribution in [0.25, 0.3) is 0 Å². The van der Waals surface area contributed by atoms with Gasteiger partial charge in [0.25, 0.3) is 0 Å². The van der Waals surface area contributed by atoms with Crippen molar-refractivity contribution in [3.05, 3.63) is 0 Å². The van der Waals surface area contributed by atoms with Gasteiger partial charge >= 0.3 is 12.0 Å². The minimum atomic E-state index is -1.04. The minimum Gasteiger partial charge on any atom is -0.480 e. The molecule has 1 aliphatic rings. The summed E-state index contributed by atoms with van der Waals surface area (Å²) >= 11 is 0. The van der Waals surface area contributed by atoms with E-state index < -0.39 is 12.0 Å². The molecule has 1 rings (SSSR count). The van der Waals surface area contributed by atoms with Crippen molar-refractivity contribution in [2.45, 2.75) is 25.3 Å². The number of hydrogen-bond acceptors (Lipinski definition) is 4. The van der Waals surface area contributed by atoms with Crippen LogP contribution in [0.1, 0.15) is 19.3 Å². The summed E-state index contributed by atoms with van der Waals surface area (Å²) in [5.74, 6) is -0.720. The zero-order valence-corrected chi connectivity index (χ0v) is 12.1. The summed E-state index contributed by atoms with van der Waals surface area (Å²) < 4.78 is 9.97. The van der Waals surface area contributed by atoms with Crippen LogP contribution in [0.5, 0.6) is 0 Å². The molecule has 7 heteroatoms.